The minimum absolute atomic E-state index is 0.130. The molecular formula is C15H26O4. The largest absolute Gasteiger partial charge is 0.390 e. The van der Waals surface area contributed by atoms with Crippen LogP contribution in [0, 0.1) is 5.92 Å². The molecule has 0 aliphatic carbocycles. The van der Waals surface area contributed by atoms with Gasteiger partial charge in [-0.3, -0.25) is 0 Å². The summed E-state index contributed by atoms with van der Waals surface area (Å²) in [7, 11) is 0. The summed E-state index contributed by atoms with van der Waals surface area (Å²) >= 11 is 0. The summed E-state index contributed by atoms with van der Waals surface area (Å²) in [5.74, 6) is 0.276. The van der Waals surface area contributed by atoms with Gasteiger partial charge in [-0.2, -0.15) is 0 Å². The molecule has 4 atom stereocenters. The third-order valence-electron chi connectivity index (χ3n) is 5.17. The molecular weight excluding hydrogens is 244 g/mol. The van der Waals surface area contributed by atoms with Gasteiger partial charge in [-0.1, -0.05) is 0 Å². The zero-order valence-corrected chi connectivity index (χ0v) is 11.9. The second-order valence-electron chi connectivity index (χ2n) is 6.65. The summed E-state index contributed by atoms with van der Waals surface area (Å²) in [5, 5.41) is 10.8. The molecule has 19 heavy (non-hydrogen) atoms. The van der Waals surface area contributed by atoms with E-state index >= 15 is 0 Å². The number of hydrogen-bond acceptors (Lipinski definition) is 4. The smallest absolute Gasteiger partial charge is 0.0940 e. The first-order valence-electron chi connectivity index (χ1n) is 7.67. The summed E-state index contributed by atoms with van der Waals surface area (Å²) in [5.41, 5.74) is -0.490. The van der Waals surface area contributed by atoms with E-state index in [1.807, 2.05) is 0 Å². The van der Waals surface area contributed by atoms with Crippen molar-refractivity contribution >= 4 is 0 Å². The highest BCUT2D eigenvalue weighted by molar-refractivity contribution is 4.97. The van der Waals surface area contributed by atoms with E-state index in [-0.39, 0.29) is 23.2 Å². The molecule has 0 bridgehead atoms. The molecule has 3 aliphatic heterocycles. The number of ether oxygens (including phenoxy) is 3. The Hall–Kier alpha value is -0.160. The Morgan fingerprint density at radius 2 is 2.00 bits per heavy atom. The van der Waals surface area contributed by atoms with Gasteiger partial charge in [0.1, 0.15) is 0 Å². The van der Waals surface area contributed by atoms with Crippen LogP contribution in [0.4, 0.5) is 0 Å². The predicted octanol–water partition coefficient (Wildman–Crippen LogP) is 1.89. The van der Waals surface area contributed by atoms with E-state index in [1.54, 1.807) is 0 Å². The van der Waals surface area contributed by atoms with Gasteiger partial charge in [0.2, 0.25) is 0 Å². The summed E-state index contributed by atoms with van der Waals surface area (Å²) < 4.78 is 17.4. The average Bonchev–Trinajstić information content (AvgIpc) is 2.87. The molecule has 0 aromatic carbocycles. The highest BCUT2D eigenvalue weighted by atomic mass is 16.6. The Morgan fingerprint density at radius 1 is 1.11 bits per heavy atom. The van der Waals surface area contributed by atoms with Crippen molar-refractivity contribution in [3.63, 3.8) is 0 Å². The van der Waals surface area contributed by atoms with Crippen molar-refractivity contribution in [2.75, 3.05) is 26.4 Å². The van der Waals surface area contributed by atoms with Crippen molar-refractivity contribution in [1.29, 1.82) is 0 Å². The van der Waals surface area contributed by atoms with E-state index < -0.39 is 0 Å². The quantitative estimate of drug-likeness (QED) is 0.832. The second kappa shape index (κ2) is 5.32. The molecule has 3 fully saturated rings. The summed E-state index contributed by atoms with van der Waals surface area (Å²) in [6, 6.07) is 0. The fourth-order valence-electron chi connectivity index (χ4n) is 3.89. The zero-order valence-electron chi connectivity index (χ0n) is 11.9. The van der Waals surface area contributed by atoms with Crippen LogP contribution in [0.15, 0.2) is 0 Å². The van der Waals surface area contributed by atoms with Crippen molar-refractivity contribution in [2.24, 2.45) is 5.92 Å². The van der Waals surface area contributed by atoms with Gasteiger partial charge in [0, 0.05) is 26.2 Å². The average molecular weight is 270 g/mol. The van der Waals surface area contributed by atoms with Crippen molar-refractivity contribution < 1.29 is 19.3 Å². The Labute approximate surface area is 115 Å². The number of rotatable bonds is 2. The van der Waals surface area contributed by atoms with Crippen LogP contribution in [-0.4, -0.2) is 48.8 Å². The maximum atomic E-state index is 10.8. The molecule has 0 saturated carbocycles. The minimum atomic E-state index is -0.380. The van der Waals surface area contributed by atoms with Crippen LogP contribution in [0.25, 0.3) is 0 Å². The molecule has 110 valence electrons. The zero-order chi connectivity index (χ0) is 13.3. The molecule has 0 aromatic heterocycles. The molecule has 0 radical (unpaired) electrons. The molecule has 4 nitrogen and oxygen atoms in total. The molecule has 1 spiro atoms. The highest BCUT2D eigenvalue weighted by Gasteiger charge is 2.47. The van der Waals surface area contributed by atoms with Crippen LogP contribution < -0.4 is 0 Å². The number of aliphatic hydroxyl groups excluding tert-OH is 1. The first-order chi connectivity index (χ1) is 9.14. The van der Waals surface area contributed by atoms with Gasteiger partial charge in [-0.05, 0) is 44.9 Å². The normalized spacial score (nSPS) is 45.5. The Bertz CT molecular complexity index is 305. The van der Waals surface area contributed by atoms with E-state index in [0.29, 0.717) is 6.61 Å². The molecule has 4 heteroatoms. The third-order valence-corrected chi connectivity index (χ3v) is 5.17. The first-order valence-corrected chi connectivity index (χ1v) is 7.67. The van der Waals surface area contributed by atoms with Gasteiger partial charge in [-0.15, -0.1) is 0 Å². The van der Waals surface area contributed by atoms with E-state index in [4.69, 9.17) is 14.2 Å². The Morgan fingerprint density at radius 3 is 2.68 bits per heavy atom. The SMILES string of the molecule is CC1(C(O)C2CCOC3(CCOC3)C2)CCCCO1. The molecule has 3 rings (SSSR count). The van der Waals surface area contributed by atoms with Gasteiger partial charge in [-0.25, -0.2) is 0 Å². The second-order valence-corrected chi connectivity index (χ2v) is 6.65. The van der Waals surface area contributed by atoms with E-state index in [9.17, 15) is 5.11 Å². The van der Waals surface area contributed by atoms with Crippen LogP contribution >= 0.6 is 0 Å². The lowest BCUT2D eigenvalue weighted by molar-refractivity contribution is -0.182. The maximum absolute atomic E-state index is 10.8. The van der Waals surface area contributed by atoms with Gasteiger partial charge in [0.25, 0.3) is 0 Å². The molecule has 0 amide bonds. The summed E-state index contributed by atoms with van der Waals surface area (Å²) in [4.78, 5) is 0. The standard InChI is InChI=1S/C15H26O4/c1-14(5-2-3-7-18-14)13(16)12-4-8-19-15(10-12)6-9-17-11-15/h12-13,16H,2-11H2,1H3. The van der Waals surface area contributed by atoms with Gasteiger partial charge in [0.05, 0.1) is 23.9 Å². The van der Waals surface area contributed by atoms with Gasteiger partial charge in [0.15, 0.2) is 0 Å². The van der Waals surface area contributed by atoms with E-state index in [1.165, 1.54) is 0 Å². The van der Waals surface area contributed by atoms with Gasteiger partial charge >= 0.3 is 0 Å². The summed E-state index contributed by atoms with van der Waals surface area (Å²) in [6.07, 6.45) is 5.67. The van der Waals surface area contributed by atoms with Crippen molar-refractivity contribution in [3.8, 4) is 0 Å². The molecule has 4 unspecified atom stereocenters. The van der Waals surface area contributed by atoms with E-state index in [2.05, 4.69) is 6.92 Å². The van der Waals surface area contributed by atoms with Crippen LogP contribution in [0.2, 0.25) is 0 Å². The monoisotopic (exact) mass is 270 g/mol. The molecule has 3 aliphatic rings. The predicted molar refractivity (Wildman–Crippen MR) is 71.1 cm³/mol. The van der Waals surface area contributed by atoms with Crippen LogP contribution in [-0.2, 0) is 14.2 Å². The van der Waals surface area contributed by atoms with Crippen molar-refractivity contribution in [1.82, 2.24) is 0 Å². The molecule has 1 N–H and O–H groups in total. The van der Waals surface area contributed by atoms with Crippen LogP contribution in [0.1, 0.15) is 45.4 Å². The van der Waals surface area contributed by atoms with Crippen LogP contribution in [0.5, 0.6) is 0 Å². The maximum Gasteiger partial charge on any atom is 0.0940 e. The fourth-order valence-corrected chi connectivity index (χ4v) is 3.89. The first kappa shape index (κ1) is 13.8. The Kier molecular flexibility index (Phi) is 3.87. The number of hydrogen-bond donors (Lipinski definition) is 1. The van der Waals surface area contributed by atoms with Crippen molar-refractivity contribution in [3.05, 3.63) is 0 Å². The lowest BCUT2D eigenvalue weighted by Crippen LogP contribution is -2.52. The molecule has 3 saturated heterocycles. The highest BCUT2D eigenvalue weighted by Crippen LogP contribution is 2.41. The van der Waals surface area contributed by atoms with Gasteiger partial charge < -0.3 is 19.3 Å². The fraction of sp³-hybridized carbons (Fsp3) is 1.00. The van der Waals surface area contributed by atoms with E-state index in [0.717, 1.165) is 58.3 Å². The molecule has 3 heterocycles. The Balaban J connectivity index is 1.67. The number of aliphatic hydroxyl groups is 1. The summed E-state index contributed by atoms with van der Waals surface area (Å²) in [6.45, 7) is 5.07. The minimum Gasteiger partial charge on any atom is -0.390 e. The molecule has 0 aromatic rings. The lowest BCUT2D eigenvalue weighted by Gasteiger charge is -2.45. The third kappa shape index (κ3) is 2.68. The topological polar surface area (TPSA) is 47.9 Å². The lowest BCUT2D eigenvalue weighted by atomic mass is 9.75. The van der Waals surface area contributed by atoms with Crippen molar-refractivity contribution in [2.45, 2.75) is 62.8 Å². The van der Waals surface area contributed by atoms with Crippen LogP contribution in [0.3, 0.4) is 0 Å².